The van der Waals surface area contributed by atoms with Crippen LogP contribution in [0, 0.1) is 5.41 Å². The Labute approximate surface area is 285 Å². The molecule has 0 aromatic heterocycles. The highest BCUT2D eigenvalue weighted by Crippen LogP contribution is 2.21. The third-order valence-corrected chi connectivity index (χ3v) is 7.30. The number of carbonyl (C=O) groups is 6. The zero-order valence-corrected chi connectivity index (χ0v) is 29.6. The standard InChI is InChI=1S/C37H54N2O9/c1-36(2,3)18-23-47-21-11-13-31(41)28-24-27(30(40)12-10-20-46-22-17-35(45)48-37(4,5)6)25-29(26-28)38-32(42)14-8-7-9-19-39-33(43)15-16-34(39)44/h15-16,24-26H,7-14,17-23H2,1-6H3,(H,38,42). The quantitative estimate of drug-likeness (QED) is 0.0656. The van der Waals surface area contributed by atoms with Gasteiger partial charge in [-0.25, -0.2) is 0 Å². The maximum atomic E-state index is 13.1. The van der Waals surface area contributed by atoms with Gasteiger partial charge in [-0.3, -0.25) is 33.7 Å². The summed E-state index contributed by atoms with van der Waals surface area (Å²) in [6.45, 7) is 13.7. The van der Waals surface area contributed by atoms with Crippen molar-refractivity contribution in [1.29, 1.82) is 0 Å². The van der Waals surface area contributed by atoms with E-state index in [1.165, 1.54) is 17.1 Å². The van der Waals surface area contributed by atoms with E-state index in [4.69, 9.17) is 14.2 Å². The highest BCUT2D eigenvalue weighted by Gasteiger charge is 2.22. The van der Waals surface area contributed by atoms with Gasteiger partial charge in [0, 0.05) is 74.6 Å². The van der Waals surface area contributed by atoms with Crippen LogP contribution < -0.4 is 5.32 Å². The number of ether oxygens (including phenoxy) is 3. The summed E-state index contributed by atoms with van der Waals surface area (Å²) < 4.78 is 16.5. The number of hydrogen-bond donors (Lipinski definition) is 1. The van der Waals surface area contributed by atoms with E-state index >= 15 is 0 Å². The molecule has 0 bridgehead atoms. The molecular formula is C37H54N2O9. The first-order valence-electron chi connectivity index (χ1n) is 17.0. The van der Waals surface area contributed by atoms with Crippen LogP contribution in [0.2, 0.25) is 0 Å². The summed E-state index contributed by atoms with van der Waals surface area (Å²) in [6, 6.07) is 4.74. The number of ketones is 2. The zero-order chi connectivity index (χ0) is 35.7. The molecule has 1 aromatic rings. The van der Waals surface area contributed by atoms with Gasteiger partial charge in [-0.1, -0.05) is 27.2 Å². The number of Topliss-reactive ketones (excluding diaryl/α,β-unsaturated/α-hetero) is 2. The number of unbranched alkanes of at least 4 members (excludes halogenated alkanes) is 2. The molecule has 0 saturated carbocycles. The van der Waals surface area contributed by atoms with E-state index < -0.39 is 5.60 Å². The number of imide groups is 1. The molecule has 0 saturated heterocycles. The van der Waals surface area contributed by atoms with Gasteiger partial charge in [-0.05, 0) is 76.5 Å². The Morgan fingerprint density at radius 2 is 1.23 bits per heavy atom. The average Bonchev–Trinajstić information content (AvgIpc) is 3.30. The summed E-state index contributed by atoms with van der Waals surface area (Å²) in [5, 5.41) is 2.82. The predicted octanol–water partition coefficient (Wildman–Crippen LogP) is 6.24. The summed E-state index contributed by atoms with van der Waals surface area (Å²) >= 11 is 0. The minimum absolute atomic E-state index is 0.120. The smallest absolute Gasteiger partial charge is 0.308 e. The van der Waals surface area contributed by atoms with E-state index in [0.717, 1.165) is 6.42 Å². The second kappa shape index (κ2) is 20.0. The Kier molecular flexibility index (Phi) is 16.8. The molecule has 1 N–H and O–H groups in total. The number of anilines is 1. The number of nitrogens with zero attached hydrogens (tertiary/aromatic N) is 1. The van der Waals surface area contributed by atoms with Crippen LogP contribution in [0.15, 0.2) is 30.4 Å². The first kappa shape index (κ1) is 40.5. The first-order chi connectivity index (χ1) is 22.5. The van der Waals surface area contributed by atoms with E-state index in [-0.39, 0.29) is 79.6 Å². The number of hydrogen-bond acceptors (Lipinski definition) is 9. The van der Waals surface area contributed by atoms with Crippen LogP contribution >= 0.6 is 0 Å². The molecule has 266 valence electrons. The molecular weight excluding hydrogens is 616 g/mol. The summed E-state index contributed by atoms with van der Waals surface area (Å²) in [5.74, 6) is -1.60. The van der Waals surface area contributed by atoms with Crippen molar-refractivity contribution >= 4 is 40.9 Å². The molecule has 0 atom stereocenters. The van der Waals surface area contributed by atoms with Crippen molar-refractivity contribution in [3.05, 3.63) is 41.5 Å². The summed E-state index contributed by atoms with van der Waals surface area (Å²) in [7, 11) is 0. The summed E-state index contributed by atoms with van der Waals surface area (Å²) in [6.07, 6.45) is 6.86. The van der Waals surface area contributed by atoms with Gasteiger partial charge in [0.1, 0.15) is 5.60 Å². The van der Waals surface area contributed by atoms with E-state index in [9.17, 15) is 28.8 Å². The molecule has 48 heavy (non-hydrogen) atoms. The van der Waals surface area contributed by atoms with E-state index in [0.29, 0.717) is 68.7 Å². The number of rotatable bonds is 22. The fourth-order valence-corrected chi connectivity index (χ4v) is 4.72. The van der Waals surface area contributed by atoms with Crippen LogP contribution in [-0.4, -0.2) is 78.7 Å². The van der Waals surface area contributed by atoms with Crippen LogP contribution in [0.5, 0.6) is 0 Å². The number of carbonyl (C=O) groups excluding carboxylic acids is 6. The van der Waals surface area contributed by atoms with Crippen molar-refractivity contribution in [2.24, 2.45) is 5.41 Å². The van der Waals surface area contributed by atoms with Gasteiger partial charge < -0.3 is 19.5 Å². The summed E-state index contributed by atoms with van der Waals surface area (Å²) in [5.41, 5.74) is 0.632. The minimum atomic E-state index is -0.561. The fraction of sp³-hybridized carbons (Fsp3) is 0.622. The van der Waals surface area contributed by atoms with E-state index in [2.05, 4.69) is 26.1 Å². The molecule has 3 amide bonds. The Bertz CT molecular complexity index is 1290. The van der Waals surface area contributed by atoms with Gasteiger partial charge in [0.15, 0.2) is 11.6 Å². The second-order valence-electron chi connectivity index (χ2n) is 14.2. The number of esters is 1. The molecule has 1 heterocycles. The Morgan fingerprint density at radius 1 is 0.667 bits per heavy atom. The largest absolute Gasteiger partial charge is 0.460 e. The second-order valence-corrected chi connectivity index (χ2v) is 14.2. The lowest BCUT2D eigenvalue weighted by molar-refractivity contribution is -0.156. The molecule has 11 nitrogen and oxygen atoms in total. The van der Waals surface area contributed by atoms with Gasteiger partial charge in [0.05, 0.1) is 13.0 Å². The Balaban J connectivity index is 1.92. The van der Waals surface area contributed by atoms with E-state index in [1.807, 2.05) is 0 Å². The highest BCUT2D eigenvalue weighted by atomic mass is 16.6. The van der Waals surface area contributed by atoms with Crippen molar-refractivity contribution in [2.45, 2.75) is 111 Å². The number of amides is 3. The molecule has 1 aliphatic heterocycles. The molecule has 0 unspecified atom stereocenters. The van der Waals surface area contributed by atoms with E-state index in [1.54, 1.807) is 39.0 Å². The SMILES string of the molecule is CC(C)(C)CCOCCCC(=O)c1cc(NC(=O)CCCCCN2C(=O)C=CC2=O)cc(C(=O)CCCOCCC(=O)OC(C)(C)C)c1. The first-order valence-corrected chi connectivity index (χ1v) is 17.0. The summed E-state index contributed by atoms with van der Waals surface area (Å²) in [4.78, 5) is 75.4. The number of benzene rings is 1. The molecule has 0 radical (unpaired) electrons. The lowest BCUT2D eigenvalue weighted by Crippen LogP contribution is -2.30. The molecule has 0 fully saturated rings. The molecule has 0 spiro atoms. The zero-order valence-electron chi connectivity index (χ0n) is 29.6. The third-order valence-electron chi connectivity index (χ3n) is 7.30. The Hall–Kier alpha value is -3.70. The van der Waals surface area contributed by atoms with Gasteiger partial charge >= 0.3 is 5.97 Å². The van der Waals surface area contributed by atoms with Gasteiger partial charge in [0.25, 0.3) is 11.8 Å². The minimum Gasteiger partial charge on any atom is -0.460 e. The predicted molar refractivity (Wildman–Crippen MR) is 183 cm³/mol. The van der Waals surface area contributed by atoms with Crippen molar-refractivity contribution in [2.75, 3.05) is 38.3 Å². The number of nitrogens with one attached hydrogen (secondary N) is 1. The molecule has 0 aliphatic carbocycles. The van der Waals surface area contributed by atoms with Crippen LogP contribution in [0.4, 0.5) is 5.69 Å². The highest BCUT2D eigenvalue weighted by molar-refractivity contribution is 6.12. The fourth-order valence-electron chi connectivity index (χ4n) is 4.72. The van der Waals surface area contributed by atoms with Crippen LogP contribution in [0.3, 0.4) is 0 Å². The normalized spacial score (nSPS) is 13.2. The lowest BCUT2D eigenvalue weighted by Gasteiger charge is -2.19. The maximum absolute atomic E-state index is 13.1. The van der Waals surface area contributed by atoms with Crippen LogP contribution in [0.25, 0.3) is 0 Å². The molecule has 1 aromatic carbocycles. The van der Waals surface area contributed by atoms with Crippen molar-refractivity contribution in [1.82, 2.24) is 4.90 Å². The molecule has 11 heteroatoms. The lowest BCUT2D eigenvalue weighted by atomic mass is 9.93. The Morgan fingerprint density at radius 3 is 1.77 bits per heavy atom. The molecule has 2 rings (SSSR count). The molecule has 1 aliphatic rings. The third kappa shape index (κ3) is 16.9. The van der Waals surface area contributed by atoms with Crippen LogP contribution in [0.1, 0.15) is 126 Å². The van der Waals surface area contributed by atoms with Gasteiger partial charge in [-0.15, -0.1) is 0 Å². The van der Waals surface area contributed by atoms with Crippen molar-refractivity contribution < 1.29 is 43.0 Å². The van der Waals surface area contributed by atoms with Gasteiger partial charge in [0.2, 0.25) is 5.91 Å². The van der Waals surface area contributed by atoms with Crippen LogP contribution in [-0.2, 0) is 33.4 Å². The van der Waals surface area contributed by atoms with Gasteiger partial charge in [-0.2, -0.15) is 0 Å². The maximum Gasteiger partial charge on any atom is 0.308 e. The van der Waals surface area contributed by atoms with Crippen molar-refractivity contribution in [3.8, 4) is 0 Å². The van der Waals surface area contributed by atoms with Crippen molar-refractivity contribution in [3.63, 3.8) is 0 Å². The topological polar surface area (TPSA) is 145 Å². The average molecular weight is 671 g/mol. The monoisotopic (exact) mass is 670 g/mol.